The first-order chi connectivity index (χ1) is 12.4. The summed E-state index contributed by atoms with van der Waals surface area (Å²) in [5, 5.41) is 5.89. The van der Waals surface area contributed by atoms with E-state index in [1.807, 2.05) is 26.8 Å². The van der Waals surface area contributed by atoms with Crippen LogP contribution in [0.4, 0.5) is 0 Å². The maximum absolute atomic E-state index is 12.4. The van der Waals surface area contributed by atoms with Crippen LogP contribution in [0.1, 0.15) is 58.0 Å². The van der Waals surface area contributed by atoms with Crippen molar-refractivity contribution in [1.29, 1.82) is 0 Å². The Kier molecular flexibility index (Phi) is 4.92. The van der Waals surface area contributed by atoms with Gasteiger partial charge >= 0.3 is 0 Å². The standard InChI is InChI=1S/C18H26N4O4S/c1-11(19-16(23)7-12-5-6-27(25,26)10-12)13-8-17(24)22-15(20-13)9-14(21-22)18(2,3)4/h8-9,11-12,21H,5-7,10H2,1-4H3,(H,19,23)/t11-,12-/m1/s1. The van der Waals surface area contributed by atoms with Crippen LogP contribution in [0.15, 0.2) is 16.9 Å². The van der Waals surface area contributed by atoms with Gasteiger partial charge in [0.15, 0.2) is 15.5 Å². The second-order valence-electron chi connectivity index (χ2n) is 8.40. The third-order valence-corrected chi connectivity index (χ3v) is 6.74. The molecule has 1 saturated heterocycles. The highest BCUT2D eigenvalue weighted by atomic mass is 32.2. The SMILES string of the molecule is C[C@@H](NC(=O)C[C@H]1CCS(=O)(=O)C1)c1cc(=O)n2[nH]c(C(C)(C)C)cc2n1. The van der Waals surface area contributed by atoms with E-state index in [1.54, 1.807) is 6.92 Å². The van der Waals surface area contributed by atoms with Crippen LogP contribution in [0, 0.1) is 5.92 Å². The molecule has 0 aliphatic carbocycles. The molecule has 2 N–H and O–H groups in total. The van der Waals surface area contributed by atoms with E-state index in [4.69, 9.17) is 0 Å². The summed E-state index contributed by atoms with van der Waals surface area (Å²) in [5.74, 6) is -0.142. The van der Waals surface area contributed by atoms with E-state index in [0.29, 0.717) is 17.8 Å². The Morgan fingerprint density at radius 2 is 2.11 bits per heavy atom. The van der Waals surface area contributed by atoms with Crippen molar-refractivity contribution in [3.8, 4) is 0 Å². The zero-order chi connectivity index (χ0) is 20.0. The zero-order valence-corrected chi connectivity index (χ0v) is 16.9. The van der Waals surface area contributed by atoms with Crippen LogP contribution in [-0.2, 0) is 20.0 Å². The molecule has 3 rings (SSSR count). The van der Waals surface area contributed by atoms with Crippen LogP contribution in [0.5, 0.6) is 0 Å². The van der Waals surface area contributed by atoms with Crippen molar-refractivity contribution in [3.63, 3.8) is 0 Å². The second-order valence-corrected chi connectivity index (χ2v) is 10.6. The van der Waals surface area contributed by atoms with Gasteiger partial charge in [-0.2, -0.15) is 0 Å². The summed E-state index contributed by atoms with van der Waals surface area (Å²) in [7, 11) is -3.00. The minimum absolute atomic E-state index is 0.0687. The molecule has 27 heavy (non-hydrogen) atoms. The van der Waals surface area contributed by atoms with Crippen molar-refractivity contribution in [2.45, 2.75) is 52.0 Å². The molecule has 2 aromatic rings. The van der Waals surface area contributed by atoms with Gasteiger partial charge in [-0.1, -0.05) is 20.8 Å². The van der Waals surface area contributed by atoms with Gasteiger partial charge in [-0.25, -0.2) is 17.9 Å². The van der Waals surface area contributed by atoms with E-state index in [9.17, 15) is 18.0 Å². The number of aromatic amines is 1. The van der Waals surface area contributed by atoms with E-state index >= 15 is 0 Å². The van der Waals surface area contributed by atoms with Crippen LogP contribution in [0.2, 0.25) is 0 Å². The van der Waals surface area contributed by atoms with Crippen LogP contribution >= 0.6 is 0 Å². The first-order valence-electron chi connectivity index (χ1n) is 9.07. The summed E-state index contributed by atoms with van der Waals surface area (Å²) in [6.45, 7) is 7.88. The summed E-state index contributed by atoms with van der Waals surface area (Å²) >= 11 is 0. The molecule has 2 atom stereocenters. The van der Waals surface area contributed by atoms with Gasteiger partial charge in [-0.3, -0.25) is 14.7 Å². The Balaban J connectivity index is 1.74. The quantitative estimate of drug-likeness (QED) is 0.812. The molecule has 3 heterocycles. The fraction of sp³-hybridized carbons (Fsp3) is 0.611. The normalized spacial score (nSPS) is 20.7. The third-order valence-electron chi connectivity index (χ3n) is 4.90. The molecular weight excluding hydrogens is 368 g/mol. The average molecular weight is 394 g/mol. The van der Waals surface area contributed by atoms with E-state index < -0.39 is 15.9 Å². The number of nitrogens with zero attached hydrogens (tertiary/aromatic N) is 2. The van der Waals surface area contributed by atoms with E-state index in [1.165, 1.54) is 10.6 Å². The highest BCUT2D eigenvalue weighted by molar-refractivity contribution is 7.91. The molecule has 2 aromatic heterocycles. The van der Waals surface area contributed by atoms with Crippen LogP contribution in [-0.4, -0.2) is 40.4 Å². The molecule has 0 aromatic carbocycles. The van der Waals surface area contributed by atoms with Crippen LogP contribution in [0.25, 0.3) is 5.65 Å². The lowest BCUT2D eigenvalue weighted by molar-refractivity contribution is -0.122. The Labute approximate surface area is 158 Å². The molecule has 1 aliphatic heterocycles. The molecular formula is C18H26N4O4S. The Hall–Kier alpha value is -2.16. The van der Waals surface area contributed by atoms with E-state index in [0.717, 1.165) is 5.69 Å². The number of hydrogen-bond acceptors (Lipinski definition) is 5. The molecule has 0 saturated carbocycles. The topological polar surface area (TPSA) is 113 Å². The molecule has 8 nitrogen and oxygen atoms in total. The van der Waals surface area contributed by atoms with Gasteiger partial charge in [0, 0.05) is 29.7 Å². The van der Waals surface area contributed by atoms with Gasteiger partial charge in [-0.05, 0) is 19.3 Å². The monoisotopic (exact) mass is 394 g/mol. The second kappa shape index (κ2) is 6.78. The lowest BCUT2D eigenvalue weighted by atomic mass is 9.93. The molecule has 1 amide bonds. The van der Waals surface area contributed by atoms with Crippen LogP contribution in [0.3, 0.4) is 0 Å². The Morgan fingerprint density at radius 3 is 2.70 bits per heavy atom. The summed E-state index contributed by atoms with van der Waals surface area (Å²) < 4.78 is 24.4. The molecule has 0 bridgehead atoms. The molecule has 0 radical (unpaired) electrons. The first-order valence-corrected chi connectivity index (χ1v) is 10.9. The largest absolute Gasteiger partial charge is 0.348 e. The molecule has 148 valence electrons. The number of carbonyl (C=O) groups excluding carboxylic acids is 1. The zero-order valence-electron chi connectivity index (χ0n) is 16.1. The third kappa shape index (κ3) is 4.40. The number of fused-ring (bicyclic) bond motifs is 1. The number of H-pyrrole nitrogens is 1. The van der Waals surface area contributed by atoms with Gasteiger partial charge in [0.25, 0.3) is 5.56 Å². The Bertz CT molecular complexity index is 1030. The van der Waals surface area contributed by atoms with Crippen LogP contribution < -0.4 is 10.9 Å². The summed E-state index contributed by atoms with van der Waals surface area (Å²) in [6, 6.07) is 2.80. The van der Waals surface area contributed by atoms with Crippen molar-refractivity contribution in [3.05, 3.63) is 33.9 Å². The number of nitrogens with one attached hydrogen (secondary N) is 2. The highest BCUT2D eigenvalue weighted by Crippen LogP contribution is 2.23. The van der Waals surface area contributed by atoms with Gasteiger partial charge in [0.1, 0.15) is 0 Å². The predicted molar refractivity (Wildman–Crippen MR) is 102 cm³/mol. The predicted octanol–water partition coefficient (Wildman–Crippen LogP) is 1.32. The van der Waals surface area contributed by atoms with Gasteiger partial charge < -0.3 is 5.32 Å². The van der Waals surface area contributed by atoms with Gasteiger partial charge in [-0.15, -0.1) is 0 Å². The minimum atomic E-state index is -3.00. The molecule has 0 spiro atoms. The molecule has 0 unspecified atom stereocenters. The smallest absolute Gasteiger partial charge is 0.272 e. The number of sulfone groups is 1. The number of aromatic nitrogens is 3. The maximum atomic E-state index is 12.4. The lowest BCUT2D eigenvalue weighted by Gasteiger charge is -2.15. The van der Waals surface area contributed by atoms with Crippen molar-refractivity contribution < 1.29 is 13.2 Å². The van der Waals surface area contributed by atoms with Gasteiger partial charge in [0.05, 0.1) is 23.2 Å². The molecule has 1 fully saturated rings. The van der Waals surface area contributed by atoms with Crippen molar-refractivity contribution >= 4 is 21.4 Å². The van der Waals surface area contributed by atoms with Crippen molar-refractivity contribution in [1.82, 2.24) is 19.9 Å². The summed E-state index contributed by atoms with van der Waals surface area (Å²) in [5.41, 5.74) is 1.48. The number of rotatable bonds is 4. The fourth-order valence-electron chi connectivity index (χ4n) is 3.29. The summed E-state index contributed by atoms with van der Waals surface area (Å²) in [4.78, 5) is 29.1. The average Bonchev–Trinajstić information content (AvgIpc) is 3.10. The molecule has 1 aliphatic rings. The van der Waals surface area contributed by atoms with Crippen molar-refractivity contribution in [2.24, 2.45) is 5.92 Å². The molecule has 9 heteroatoms. The number of hydrogen-bond donors (Lipinski definition) is 2. The Morgan fingerprint density at radius 1 is 1.41 bits per heavy atom. The van der Waals surface area contributed by atoms with E-state index in [2.05, 4.69) is 15.4 Å². The fourth-order valence-corrected chi connectivity index (χ4v) is 5.15. The highest BCUT2D eigenvalue weighted by Gasteiger charge is 2.29. The van der Waals surface area contributed by atoms with Crippen molar-refractivity contribution in [2.75, 3.05) is 11.5 Å². The number of amides is 1. The summed E-state index contributed by atoms with van der Waals surface area (Å²) in [6.07, 6.45) is 0.692. The first kappa shape index (κ1) is 19.6. The van der Waals surface area contributed by atoms with E-state index in [-0.39, 0.29) is 40.7 Å². The maximum Gasteiger partial charge on any atom is 0.272 e. The minimum Gasteiger partial charge on any atom is -0.348 e. The lowest BCUT2D eigenvalue weighted by Crippen LogP contribution is -2.30. The van der Waals surface area contributed by atoms with Gasteiger partial charge in [0.2, 0.25) is 5.91 Å². The number of carbonyl (C=O) groups is 1.